The van der Waals surface area contributed by atoms with Crippen LogP contribution in [0.5, 0.6) is 17.2 Å². The van der Waals surface area contributed by atoms with Gasteiger partial charge < -0.3 is 23.8 Å². The average molecular weight is 413 g/mol. The molecule has 1 atom stereocenters. The van der Waals surface area contributed by atoms with Crippen molar-refractivity contribution in [3.05, 3.63) is 48.0 Å². The van der Waals surface area contributed by atoms with Crippen LogP contribution in [0.4, 0.5) is 5.69 Å². The molecule has 1 fully saturated rings. The van der Waals surface area contributed by atoms with Gasteiger partial charge in [0.1, 0.15) is 17.2 Å². The van der Waals surface area contributed by atoms with Crippen molar-refractivity contribution in [3.8, 4) is 17.2 Å². The maximum atomic E-state index is 12.5. The molecule has 1 amide bonds. The van der Waals surface area contributed by atoms with Crippen molar-refractivity contribution >= 4 is 23.3 Å². The Morgan fingerprint density at radius 2 is 1.73 bits per heavy atom. The fraction of sp³-hybridized carbons (Fsp3) is 0.318. The molecule has 2 aromatic rings. The largest absolute Gasteiger partial charge is 0.497 e. The van der Waals surface area contributed by atoms with E-state index in [-0.39, 0.29) is 24.7 Å². The van der Waals surface area contributed by atoms with E-state index in [2.05, 4.69) is 0 Å². The molecule has 0 unspecified atom stereocenters. The highest BCUT2D eigenvalue weighted by molar-refractivity contribution is 6.02. The van der Waals surface area contributed by atoms with Crippen molar-refractivity contribution in [2.24, 2.45) is 5.92 Å². The molecular weight excluding hydrogens is 390 g/mol. The van der Waals surface area contributed by atoms with Gasteiger partial charge in [-0.05, 0) is 24.3 Å². The smallest absolute Gasteiger partial charge is 0.311 e. The highest BCUT2D eigenvalue weighted by Crippen LogP contribution is 2.36. The number of methoxy groups -OCH3 is 3. The number of nitrogens with zero attached hydrogens (tertiary/aromatic N) is 1. The van der Waals surface area contributed by atoms with Crippen molar-refractivity contribution in [3.63, 3.8) is 0 Å². The molecule has 8 nitrogen and oxygen atoms in total. The lowest BCUT2D eigenvalue weighted by molar-refractivity contribution is -0.147. The number of anilines is 1. The van der Waals surface area contributed by atoms with Gasteiger partial charge in [0.25, 0.3) is 0 Å². The lowest BCUT2D eigenvalue weighted by atomic mass is 10.1. The normalized spacial score (nSPS) is 15.6. The molecule has 1 aliphatic rings. The van der Waals surface area contributed by atoms with Crippen molar-refractivity contribution in [1.29, 1.82) is 0 Å². The number of hydrogen-bond acceptors (Lipinski definition) is 7. The minimum Gasteiger partial charge on any atom is -0.497 e. The Morgan fingerprint density at radius 3 is 2.43 bits per heavy atom. The van der Waals surface area contributed by atoms with E-state index in [1.54, 1.807) is 42.5 Å². The Kier molecular flexibility index (Phi) is 6.56. The second-order valence-corrected chi connectivity index (χ2v) is 6.67. The number of para-hydroxylation sites is 1. The lowest BCUT2D eigenvalue weighted by Gasteiger charge is -2.20. The monoisotopic (exact) mass is 413 g/mol. The first kappa shape index (κ1) is 21.2. The van der Waals surface area contributed by atoms with Gasteiger partial charge in [0.05, 0.1) is 38.5 Å². The van der Waals surface area contributed by atoms with Crippen LogP contribution in [-0.4, -0.2) is 52.1 Å². The molecule has 30 heavy (non-hydrogen) atoms. The van der Waals surface area contributed by atoms with Gasteiger partial charge in [-0.1, -0.05) is 12.1 Å². The first-order chi connectivity index (χ1) is 14.5. The summed E-state index contributed by atoms with van der Waals surface area (Å²) in [6, 6.07) is 11.8. The number of hydrogen-bond donors (Lipinski definition) is 0. The van der Waals surface area contributed by atoms with Gasteiger partial charge in [-0.3, -0.25) is 14.4 Å². The van der Waals surface area contributed by atoms with Gasteiger partial charge in [-0.25, -0.2) is 0 Å². The van der Waals surface area contributed by atoms with Gasteiger partial charge in [-0.15, -0.1) is 0 Å². The molecule has 3 rings (SSSR count). The third-order valence-corrected chi connectivity index (χ3v) is 4.89. The van der Waals surface area contributed by atoms with Crippen LogP contribution in [0.1, 0.15) is 16.8 Å². The molecule has 1 aliphatic heterocycles. The molecule has 1 saturated heterocycles. The number of rotatable bonds is 8. The molecular formula is C22H23NO7. The van der Waals surface area contributed by atoms with Crippen LogP contribution in [0.2, 0.25) is 0 Å². The van der Waals surface area contributed by atoms with E-state index in [1.165, 1.54) is 26.2 Å². The number of ketones is 1. The number of ether oxygens (including phenoxy) is 4. The predicted molar refractivity (Wildman–Crippen MR) is 108 cm³/mol. The maximum absolute atomic E-state index is 12.5. The number of esters is 1. The summed E-state index contributed by atoms with van der Waals surface area (Å²) in [7, 11) is 4.49. The number of amides is 1. The first-order valence-corrected chi connectivity index (χ1v) is 9.33. The van der Waals surface area contributed by atoms with E-state index in [0.717, 1.165) is 0 Å². The number of Topliss-reactive ketones (excluding diaryl/α,β-unsaturated/α-hetero) is 1. The summed E-state index contributed by atoms with van der Waals surface area (Å²) < 4.78 is 20.9. The van der Waals surface area contributed by atoms with Crippen LogP contribution in [-0.2, 0) is 14.3 Å². The lowest BCUT2D eigenvalue weighted by Crippen LogP contribution is -2.27. The van der Waals surface area contributed by atoms with E-state index in [0.29, 0.717) is 28.5 Å². The molecule has 0 aliphatic carbocycles. The highest BCUT2D eigenvalue weighted by atomic mass is 16.5. The summed E-state index contributed by atoms with van der Waals surface area (Å²) in [6.07, 6.45) is -0.00311. The van der Waals surface area contributed by atoms with Crippen LogP contribution in [0, 0.1) is 5.92 Å². The van der Waals surface area contributed by atoms with Crippen molar-refractivity contribution in [2.75, 3.05) is 39.4 Å². The fourth-order valence-electron chi connectivity index (χ4n) is 3.31. The SMILES string of the molecule is COc1ccc(N2C[C@H](C(=O)OCC(=O)c3ccccc3OC)CC2=O)c(OC)c1. The van der Waals surface area contributed by atoms with Gasteiger partial charge in [0, 0.05) is 19.0 Å². The Bertz CT molecular complexity index is 956. The zero-order chi connectivity index (χ0) is 21.7. The van der Waals surface area contributed by atoms with Crippen LogP contribution in [0.15, 0.2) is 42.5 Å². The molecule has 0 bridgehead atoms. The molecule has 158 valence electrons. The first-order valence-electron chi connectivity index (χ1n) is 9.33. The van der Waals surface area contributed by atoms with E-state index in [1.807, 2.05) is 0 Å². The number of carbonyl (C=O) groups excluding carboxylic acids is 3. The average Bonchev–Trinajstić information content (AvgIpc) is 3.17. The minimum absolute atomic E-state index is 0.00311. The Balaban J connectivity index is 1.65. The minimum atomic E-state index is -0.672. The van der Waals surface area contributed by atoms with Crippen LogP contribution >= 0.6 is 0 Å². The molecule has 8 heteroatoms. The quantitative estimate of drug-likeness (QED) is 0.485. The Labute approximate surface area is 174 Å². The van der Waals surface area contributed by atoms with E-state index in [9.17, 15) is 14.4 Å². The second kappa shape index (κ2) is 9.30. The maximum Gasteiger partial charge on any atom is 0.311 e. The summed E-state index contributed by atoms with van der Waals surface area (Å²) in [5.41, 5.74) is 0.878. The molecule has 0 aromatic heterocycles. The topological polar surface area (TPSA) is 91.4 Å². The molecule has 2 aromatic carbocycles. The van der Waals surface area contributed by atoms with Gasteiger partial charge >= 0.3 is 5.97 Å². The standard InChI is InChI=1S/C22H23NO7/c1-27-15-8-9-17(20(11-15)29-3)23-12-14(10-21(23)25)22(26)30-13-18(24)16-6-4-5-7-19(16)28-2/h4-9,11,14H,10,12-13H2,1-3H3/t14-/m1/s1. The third kappa shape index (κ3) is 4.37. The van der Waals surface area contributed by atoms with Crippen LogP contribution in [0.3, 0.4) is 0 Å². The summed E-state index contributed by atoms with van der Waals surface area (Å²) in [5.74, 6) is -0.407. The Morgan fingerprint density at radius 1 is 1.00 bits per heavy atom. The third-order valence-electron chi connectivity index (χ3n) is 4.89. The van der Waals surface area contributed by atoms with E-state index in [4.69, 9.17) is 18.9 Å². The van der Waals surface area contributed by atoms with Crippen molar-refractivity contribution < 1.29 is 33.3 Å². The molecule has 1 heterocycles. The van der Waals surface area contributed by atoms with Crippen molar-refractivity contribution in [1.82, 2.24) is 0 Å². The molecule has 0 saturated carbocycles. The predicted octanol–water partition coefficient (Wildman–Crippen LogP) is 2.49. The number of carbonyl (C=O) groups is 3. The summed E-state index contributed by atoms with van der Waals surface area (Å²) in [6.45, 7) is -0.279. The highest BCUT2D eigenvalue weighted by Gasteiger charge is 2.37. The van der Waals surface area contributed by atoms with Gasteiger partial charge in [0.15, 0.2) is 6.61 Å². The van der Waals surface area contributed by atoms with Gasteiger partial charge in [0.2, 0.25) is 11.7 Å². The molecule has 0 radical (unpaired) electrons. The van der Waals surface area contributed by atoms with E-state index < -0.39 is 18.5 Å². The van der Waals surface area contributed by atoms with Crippen LogP contribution < -0.4 is 19.1 Å². The van der Waals surface area contributed by atoms with Crippen LogP contribution in [0.25, 0.3) is 0 Å². The summed E-state index contributed by atoms with van der Waals surface area (Å²) in [5, 5.41) is 0. The zero-order valence-corrected chi connectivity index (χ0v) is 17.0. The van der Waals surface area contributed by atoms with Crippen molar-refractivity contribution in [2.45, 2.75) is 6.42 Å². The summed E-state index contributed by atoms with van der Waals surface area (Å²) >= 11 is 0. The Hall–Kier alpha value is -3.55. The van der Waals surface area contributed by atoms with E-state index >= 15 is 0 Å². The molecule has 0 N–H and O–H groups in total. The second-order valence-electron chi connectivity index (χ2n) is 6.67. The fourth-order valence-corrected chi connectivity index (χ4v) is 3.31. The zero-order valence-electron chi connectivity index (χ0n) is 17.0. The molecule has 0 spiro atoms. The van der Waals surface area contributed by atoms with Gasteiger partial charge in [-0.2, -0.15) is 0 Å². The summed E-state index contributed by atoms with van der Waals surface area (Å²) in [4.78, 5) is 38.8. The number of benzene rings is 2.